The van der Waals surface area contributed by atoms with E-state index in [0.29, 0.717) is 32.7 Å². The lowest BCUT2D eigenvalue weighted by molar-refractivity contribution is -0.153. The van der Waals surface area contributed by atoms with Crippen LogP contribution in [0.2, 0.25) is 0 Å². The first-order valence-corrected chi connectivity index (χ1v) is 6.14. The molecule has 0 saturated carbocycles. The minimum atomic E-state index is -0.441. The molecule has 0 aromatic heterocycles. The number of carbonyl (C=O) groups is 2. The number of rotatable bonds is 2. The Morgan fingerprint density at radius 1 is 1.53 bits per heavy atom. The number of carbonyl (C=O) groups excluding carboxylic acids is 2. The Labute approximate surface area is 101 Å². The van der Waals surface area contributed by atoms with Crippen LogP contribution in [0.15, 0.2) is 0 Å². The minimum Gasteiger partial charge on any atom is -0.366 e. The van der Waals surface area contributed by atoms with E-state index in [1.165, 1.54) is 0 Å². The molecular formula is C11H19N3O3. The average Bonchev–Trinajstić information content (AvgIpc) is 2.38. The van der Waals surface area contributed by atoms with Crippen LogP contribution in [0.4, 0.5) is 0 Å². The number of amides is 2. The van der Waals surface area contributed by atoms with E-state index < -0.39 is 6.10 Å². The van der Waals surface area contributed by atoms with E-state index in [0.717, 1.165) is 6.54 Å². The lowest BCUT2D eigenvalue weighted by atomic mass is 10.1. The maximum atomic E-state index is 12.2. The van der Waals surface area contributed by atoms with Gasteiger partial charge in [0.15, 0.2) is 0 Å². The molecule has 17 heavy (non-hydrogen) atoms. The van der Waals surface area contributed by atoms with Crippen molar-refractivity contribution in [3.8, 4) is 0 Å². The summed E-state index contributed by atoms with van der Waals surface area (Å²) in [6.45, 7) is 4.88. The Hall–Kier alpha value is -1.14. The van der Waals surface area contributed by atoms with Crippen molar-refractivity contribution < 1.29 is 14.3 Å². The van der Waals surface area contributed by atoms with Crippen LogP contribution in [0, 0.1) is 0 Å². The monoisotopic (exact) mass is 241 g/mol. The van der Waals surface area contributed by atoms with Gasteiger partial charge in [0.1, 0.15) is 12.1 Å². The molecule has 0 radical (unpaired) electrons. The molecule has 2 heterocycles. The van der Waals surface area contributed by atoms with E-state index in [2.05, 4.69) is 10.6 Å². The smallest absolute Gasteiger partial charge is 0.253 e. The summed E-state index contributed by atoms with van der Waals surface area (Å²) in [5, 5.41) is 5.91. The maximum absolute atomic E-state index is 12.2. The van der Waals surface area contributed by atoms with Crippen molar-refractivity contribution in [3.63, 3.8) is 0 Å². The molecule has 2 rings (SSSR count). The van der Waals surface area contributed by atoms with Crippen molar-refractivity contribution in [2.24, 2.45) is 0 Å². The van der Waals surface area contributed by atoms with Gasteiger partial charge in [-0.05, 0) is 6.42 Å². The van der Waals surface area contributed by atoms with Gasteiger partial charge in [-0.1, -0.05) is 6.92 Å². The van der Waals surface area contributed by atoms with Gasteiger partial charge in [-0.3, -0.25) is 9.59 Å². The van der Waals surface area contributed by atoms with Gasteiger partial charge in [0.25, 0.3) is 5.91 Å². The quantitative estimate of drug-likeness (QED) is 0.631. The van der Waals surface area contributed by atoms with Gasteiger partial charge in [-0.2, -0.15) is 0 Å². The first-order valence-electron chi connectivity index (χ1n) is 6.14. The molecule has 0 bridgehead atoms. The third-order valence-electron chi connectivity index (χ3n) is 3.20. The van der Waals surface area contributed by atoms with Crippen LogP contribution < -0.4 is 10.6 Å². The highest BCUT2D eigenvalue weighted by Crippen LogP contribution is 2.12. The minimum absolute atomic E-state index is 0.0594. The molecule has 2 amide bonds. The van der Waals surface area contributed by atoms with E-state index >= 15 is 0 Å². The number of piperazine rings is 1. The number of morpholine rings is 1. The molecule has 2 atom stereocenters. The topological polar surface area (TPSA) is 70.7 Å². The molecule has 0 aromatic carbocycles. The zero-order chi connectivity index (χ0) is 12.3. The molecule has 0 aromatic rings. The first kappa shape index (κ1) is 12.3. The molecular weight excluding hydrogens is 222 g/mol. The van der Waals surface area contributed by atoms with Crippen LogP contribution in [0.3, 0.4) is 0 Å². The highest BCUT2D eigenvalue weighted by molar-refractivity contribution is 5.90. The predicted octanol–water partition coefficient (Wildman–Crippen LogP) is -1.29. The lowest BCUT2D eigenvalue weighted by Gasteiger charge is -2.37. The Kier molecular flexibility index (Phi) is 3.96. The highest BCUT2D eigenvalue weighted by atomic mass is 16.5. The molecule has 2 aliphatic heterocycles. The van der Waals surface area contributed by atoms with E-state index in [-0.39, 0.29) is 17.9 Å². The van der Waals surface area contributed by atoms with Crippen molar-refractivity contribution in [3.05, 3.63) is 0 Å². The van der Waals surface area contributed by atoms with Gasteiger partial charge in [0.2, 0.25) is 5.91 Å². The zero-order valence-electron chi connectivity index (χ0n) is 10.1. The Bertz CT molecular complexity index is 302. The van der Waals surface area contributed by atoms with Crippen LogP contribution >= 0.6 is 0 Å². The van der Waals surface area contributed by atoms with Gasteiger partial charge in [0.05, 0.1) is 6.61 Å². The number of nitrogens with one attached hydrogen (secondary N) is 2. The average molecular weight is 241 g/mol. The number of nitrogens with zero attached hydrogens (tertiary/aromatic N) is 1. The van der Waals surface area contributed by atoms with Gasteiger partial charge >= 0.3 is 0 Å². The molecule has 2 fully saturated rings. The summed E-state index contributed by atoms with van der Waals surface area (Å²) in [6.07, 6.45) is 0.196. The van der Waals surface area contributed by atoms with Crippen molar-refractivity contribution in [1.29, 1.82) is 0 Å². The fraction of sp³-hybridized carbons (Fsp3) is 0.818. The summed E-state index contributed by atoms with van der Waals surface area (Å²) in [5.74, 6) is -0.130. The molecule has 6 heteroatoms. The molecule has 2 N–H and O–H groups in total. The molecule has 0 unspecified atom stereocenters. The second kappa shape index (κ2) is 5.46. The fourth-order valence-corrected chi connectivity index (χ4v) is 2.29. The van der Waals surface area contributed by atoms with E-state index in [9.17, 15) is 9.59 Å². The summed E-state index contributed by atoms with van der Waals surface area (Å²) in [4.78, 5) is 25.6. The third-order valence-corrected chi connectivity index (χ3v) is 3.20. The lowest BCUT2D eigenvalue weighted by Crippen LogP contribution is -2.60. The molecule has 6 nitrogen and oxygen atoms in total. The standard InChI is InChI=1S/C11H19N3O3/c1-2-8-10(15)13-3-5-14(8)11(16)9-7-12-4-6-17-9/h8-9,12H,2-7H2,1H3,(H,13,15)/t8-,9+/m1/s1. The van der Waals surface area contributed by atoms with Crippen molar-refractivity contribution in [1.82, 2.24) is 15.5 Å². The van der Waals surface area contributed by atoms with Crippen LogP contribution in [-0.2, 0) is 14.3 Å². The first-order chi connectivity index (χ1) is 8.24. The second-order valence-corrected chi connectivity index (χ2v) is 4.31. The fourth-order valence-electron chi connectivity index (χ4n) is 2.29. The summed E-state index contributed by atoms with van der Waals surface area (Å²) < 4.78 is 5.44. The largest absolute Gasteiger partial charge is 0.366 e. The summed E-state index contributed by atoms with van der Waals surface area (Å²) in [5.41, 5.74) is 0. The van der Waals surface area contributed by atoms with Crippen LogP contribution in [-0.4, -0.2) is 61.6 Å². The van der Waals surface area contributed by atoms with Crippen molar-refractivity contribution in [2.45, 2.75) is 25.5 Å². The van der Waals surface area contributed by atoms with Crippen LogP contribution in [0.1, 0.15) is 13.3 Å². The van der Waals surface area contributed by atoms with Crippen LogP contribution in [0.25, 0.3) is 0 Å². The zero-order valence-corrected chi connectivity index (χ0v) is 10.1. The van der Waals surface area contributed by atoms with Gasteiger partial charge in [-0.15, -0.1) is 0 Å². The molecule has 96 valence electrons. The summed E-state index contributed by atoms with van der Waals surface area (Å²) >= 11 is 0. The Morgan fingerprint density at radius 2 is 2.35 bits per heavy atom. The van der Waals surface area contributed by atoms with E-state index in [1.807, 2.05) is 6.92 Å². The number of hydrogen-bond acceptors (Lipinski definition) is 4. The Balaban J connectivity index is 2.03. The van der Waals surface area contributed by atoms with Gasteiger partial charge in [-0.25, -0.2) is 0 Å². The molecule has 0 aliphatic carbocycles. The van der Waals surface area contributed by atoms with Crippen molar-refractivity contribution >= 4 is 11.8 Å². The summed E-state index contributed by atoms with van der Waals surface area (Å²) in [6, 6.07) is -0.346. The molecule has 0 spiro atoms. The van der Waals surface area contributed by atoms with Crippen molar-refractivity contribution in [2.75, 3.05) is 32.8 Å². The highest BCUT2D eigenvalue weighted by Gasteiger charge is 2.35. The second-order valence-electron chi connectivity index (χ2n) is 4.31. The maximum Gasteiger partial charge on any atom is 0.253 e. The number of ether oxygens (including phenoxy) is 1. The Morgan fingerprint density at radius 3 is 3.00 bits per heavy atom. The van der Waals surface area contributed by atoms with Crippen LogP contribution in [0.5, 0.6) is 0 Å². The SMILES string of the molecule is CC[C@@H]1C(=O)NCCN1C(=O)[C@@H]1CNCCO1. The van der Waals surface area contributed by atoms with Gasteiger partial charge in [0, 0.05) is 26.2 Å². The predicted molar refractivity (Wildman–Crippen MR) is 61.4 cm³/mol. The molecule has 2 aliphatic rings. The normalized spacial score (nSPS) is 29.9. The third kappa shape index (κ3) is 2.58. The number of hydrogen-bond donors (Lipinski definition) is 2. The summed E-state index contributed by atoms with van der Waals surface area (Å²) in [7, 11) is 0. The van der Waals surface area contributed by atoms with E-state index in [4.69, 9.17) is 4.74 Å². The van der Waals surface area contributed by atoms with Gasteiger partial charge < -0.3 is 20.3 Å². The van der Waals surface area contributed by atoms with E-state index in [1.54, 1.807) is 4.90 Å². The molecule has 2 saturated heterocycles.